The minimum Gasteiger partial charge on any atom is -0.295 e. The molecule has 3 saturated heterocycles. The van der Waals surface area contributed by atoms with Crippen LogP contribution in [0.2, 0.25) is 5.15 Å². The van der Waals surface area contributed by atoms with Crippen molar-refractivity contribution in [1.29, 1.82) is 0 Å². The van der Waals surface area contributed by atoms with Gasteiger partial charge in [0.05, 0.1) is 17.8 Å². The van der Waals surface area contributed by atoms with Gasteiger partial charge in [-0.05, 0) is 38.3 Å². The van der Waals surface area contributed by atoms with Crippen LogP contribution in [-0.2, 0) is 0 Å². The summed E-state index contributed by atoms with van der Waals surface area (Å²) in [7, 11) is 0. The van der Waals surface area contributed by atoms with Crippen LogP contribution in [0.1, 0.15) is 31.0 Å². The van der Waals surface area contributed by atoms with Crippen LogP contribution in [0, 0.1) is 5.92 Å². The first-order chi connectivity index (χ1) is 6.84. The Morgan fingerprint density at radius 1 is 1.29 bits per heavy atom. The predicted molar refractivity (Wildman–Crippen MR) is 56.6 cm³/mol. The number of fused-ring (bicyclic) bond motifs is 3. The van der Waals surface area contributed by atoms with Gasteiger partial charge in [-0.1, -0.05) is 11.6 Å². The Morgan fingerprint density at radius 3 is 2.57 bits per heavy atom. The highest BCUT2D eigenvalue weighted by Gasteiger charge is 2.36. The van der Waals surface area contributed by atoms with Crippen molar-refractivity contribution in [1.82, 2.24) is 13.6 Å². The molecule has 1 unspecified atom stereocenters. The Labute approximate surface area is 92.4 Å². The summed E-state index contributed by atoms with van der Waals surface area (Å²) in [6.45, 7) is 2.42. The summed E-state index contributed by atoms with van der Waals surface area (Å²) in [5, 5.41) is 0.618. The zero-order valence-corrected chi connectivity index (χ0v) is 9.39. The summed E-state index contributed by atoms with van der Waals surface area (Å²) in [6, 6.07) is 0.453. The number of hydrogen-bond donors (Lipinski definition) is 0. The molecule has 3 fully saturated rings. The van der Waals surface area contributed by atoms with Gasteiger partial charge in [-0.3, -0.25) is 4.90 Å². The van der Waals surface area contributed by atoms with Crippen LogP contribution < -0.4 is 0 Å². The molecular weight excluding hydrogens is 218 g/mol. The van der Waals surface area contributed by atoms with Crippen molar-refractivity contribution >= 4 is 23.3 Å². The summed E-state index contributed by atoms with van der Waals surface area (Å²) < 4.78 is 8.36. The molecule has 3 aliphatic rings. The highest BCUT2D eigenvalue weighted by molar-refractivity contribution is 6.99. The molecule has 2 bridgehead atoms. The van der Waals surface area contributed by atoms with Crippen LogP contribution in [-0.4, -0.2) is 26.7 Å². The monoisotopic (exact) mass is 229 g/mol. The SMILES string of the molecule is Clc1nsnc1C1CC2CCN1CC2. The lowest BCUT2D eigenvalue weighted by Crippen LogP contribution is -2.43. The van der Waals surface area contributed by atoms with Crippen molar-refractivity contribution in [3.8, 4) is 0 Å². The molecule has 4 rings (SSSR count). The normalized spacial score (nSPS) is 36.2. The van der Waals surface area contributed by atoms with Crippen LogP contribution in [0.5, 0.6) is 0 Å². The molecule has 0 spiro atoms. The van der Waals surface area contributed by atoms with Crippen molar-refractivity contribution in [3.05, 3.63) is 10.8 Å². The van der Waals surface area contributed by atoms with E-state index in [0.29, 0.717) is 11.2 Å². The van der Waals surface area contributed by atoms with Gasteiger partial charge in [-0.25, -0.2) is 0 Å². The van der Waals surface area contributed by atoms with Gasteiger partial charge in [0.15, 0.2) is 5.15 Å². The quantitative estimate of drug-likeness (QED) is 0.740. The highest BCUT2D eigenvalue weighted by Crippen LogP contribution is 2.41. The molecule has 1 aromatic rings. The lowest BCUT2D eigenvalue weighted by atomic mass is 9.82. The lowest BCUT2D eigenvalue weighted by molar-refractivity contribution is 0.0473. The average molecular weight is 230 g/mol. The molecular formula is C9H12ClN3S. The molecule has 76 valence electrons. The number of hydrogen-bond acceptors (Lipinski definition) is 4. The summed E-state index contributed by atoms with van der Waals surface area (Å²) in [5.74, 6) is 0.891. The van der Waals surface area contributed by atoms with Gasteiger partial charge < -0.3 is 0 Å². The third-order valence-corrected chi connectivity index (χ3v) is 4.35. The summed E-state index contributed by atoms with van der Waals surface area (Å²) >= 11 is 7.25. The molecule has 0 amide bonds. The largest absolute Gasteiger partial charge is 0.295 e. The van der Waals surface area contributed by atoms with Gasteiger partial charge in [-0.15, -0.1) is 0 Å². The van der Waals surface area contributed by atoms with Gasteiger partial charge in [-0.2, -0.15) is 8.75 Å². The van der Waals surface area contributed by atoms with Crippen molar-refractivity contribution in [3.63, 3.8) is 0 Å². The molecule has 0 aliphatic carbocycles. The van der Waals surface area contributed by atoms with E-state index in [1.807, 2.05) is 0 Å². The highest BCUT2D eigenvalue weighted by atomic mass is 35.5. The lowest BCUT2D eigenvalue weighted by Gasteiger charge is -2.44. The minimum atomic E-state index is 0.453. The predicted octanol–water partition coefficient (Wildman–Crippen LogP) is 2.35. The topological polar surface area (TPSA) is 29.0 Å². The van der Waals surface area contributed by atoms with Gasteiger partial charge in [0, 0.05) is 0 Å². The molecule has 3 nitrogen and oxygen atoms in total. The van der Waals surface area contributed by atoms with E-state index in [1.165, 1.54) is 44.1 Å². The molecule has 1 atom stereocenters. The standard InChI is InChI=1S/C9H12ClN3S/c10-9-8(11-14-12-9)7-5-6-1-3-13(7)4-2-6/h6-7H,1-5H2. The Hall–Kier alpha value is -0.190. The molecule has 3 aliphatic heterocycles. The third-order valence-electron chi connectivity index (χ3n) is 3.43. The average Bonchev–Trinajstić information content (AvgIpc) is 2.66. The van der Waals surface area contributed by atoms with Crippen LogP contribution in [0.4, 0.5) is 0 Å². The molecule has 0 saturated carbocycles. The molecule has 0 aromatic carbocycles. The van der Waals surface area contributed by atoms with E-state index in [2.05, 4.69) is 13.6 Å². The zero-order chi connectivity index (χ0) is 9.54. The van der Waals surface area contributed by atoms with E-state index in [1.54, 1.807) is 0 Å². The maximum atomic E-state index is 6.02. The Bertz CT molecular complexity index is 333. The summed E-state index contributed by atoms with van der Waals surface area (Å²) in [5.41, 5.74) is 1.01. The van der Waals surface area contributed by atoms with E-state index in [4.69, 9.17) is 11.6 Å². The van der Waals surface area contributed by atoms with Gasteiger partial charge in [0.2, 0.25) is 0 Å². The van der Waals surface area contributed by atoms with Crippen molar-refractivity contribution in [2.45, 2.75) is 25.3 Å². The first kappa shape index (κ1) is 9.07. The molecule has 0 radical (unpaired) electrons. The first-order valence-electron chi connectivity index (χ1n) is 5.06. The van der Waals surface area contributed by atoms with Crippen LogP contribution in [0.25, 0.3) is 0 Å². The number of nitrogens with zero attached hydrogens (tertiary/aromatic N) is 3. The van der Waals surface area contributed by atoms with Gasteiger partial charge >= 0.3 is 0 Å². The van der Waals surface area contributed by atoms with Crippen LogP contribution >= 0.6 is 23.3 Å². The Balaban J connectivity index is 1.89. The molecule has 1 aromatic heterocycles. The van der Waals surface area contributed by atoms with Crippen molar-refractivity contribution in [2.24, 2.45) is 5.92 Å². The first-order valence-corrected chi connectivity index (χ1v) is 6.17. The number of aromatic nitrogens is 2. The summed E-state index contributed by atoms with van der Waals surface area (Å²) in [6.07, 6.45) is 3.93. The second-order valence-electron chi connectivity index (χ2n) is 4.17. The van der Waals surface area contributed by atoms with E-state index >= 15 is 0 Å². The fourth-order valence-corrected chi connectivity index (χ4v) is 3.45. The number of rotatable bonds is 1. The Kier molecular flexibility index (Phi) is 2.22. The Morgan fingerprint density at radius 2 is 2.07 bits per heavy atom. The van der Waals surface area contributed by atoms with Crippen molar-refractivity contribution in [2.75, 3.05) is 13.1 Å². The molecule has 0 N–H and O–H groups in total. The number of halogens is 1. The zero-order valence-electron chi connectivity index (χ0n) is 7.82. The smallest absolute Gasteiger partial charge is 0.167 e. The van der Waals surface area contributed by atoms with E-state index < -0.39 is 0 Å². The molecule has 5 heteroatoms. The van der Waals surface area contributed by atoms with E-state index in [9.17, 15) is 0 Å². The fourth-order valence-electron chi connectivity index (χ4n) is 2.63. The van der Waals surface area contributed by atoms with Gasteiger partial charge in [0.25, 0.3) is 0 Å². The second kappa shape index (κ2) is 3.43. The maximum Gasteiger partial charge on any atom is 0.167 e. The second-order valence-corrected chi connectivity index (χ2v) is 5.06. The van der Waals surface area contributed by atoms with E-state index in [0.717, 1.165) is 11.6 Å². The van der Waals surface area contributed by atoms with Crippen LogP contribution in [0.3, 0.4) is 0 Å². The van der Waals surface area contributed by atoms with Crippen molar-refractivity contribution < 1.29 is 0 Å². The van der Waals surface area contributed by atoms with Crippen LogP contribution in [0.15, 0.2) is 0 Å². The van der Waals surface area contributed by atoms with E-state index in [-0.39, 0.29) is 0 Å². The third kappa shape index (κ3) is 1.36. The number of piperidine rings is 3. The molecule has 4 heterocycles. The summed E-state index contributed by atoms with van der Waals surface area (Å²) in [4.78, 5) is 2.50. The minimum absolute atomic E-state index is 0.453. The maximum absolute atomic E-state index is 6.02. The fraction of sp³-hybridized carbons (Fsp3) is 0.778. The molecule has 14 heavy (non-hydrogen) atoms. The van der Waals surface area contributed by atoms with Gasteiger partial charge in [0.1, 0.15) is 5.69 Å².